The zero-order valence-electron chi connectivity index (χ0n) is 11.8. The maximum absolute atomic E-state index is 13.7. The average Bonchev–Trinajstić information content (AvgIpc) is 3.08. The summed E-state index contributed by atoms with van der Waals surface area (Å²) < 4.78 is 27.3. The van der Waals surface area contributed by atoms with Crippen molar-refractivity contribution < 1.29 is 18.4 Å². The van der Waals surface area contributed by atoms with Gasteiger partial charge in [-0.1, -0.05) is 30.3 Å². The van der Waals surface area contributed by atoms with E-state index in [4.69, 9.17) is 5.73 Å². The summed E-state index contributed by atoms with van der Waals surface area (Å²) in [6, 6.07) is 8.64. The van der Waals surface area contributed by atoms with Gasteiger partial charge in [0.05, 0.1) is 12.0 Å². The fraction of sp³-hybridized carbons (Fsp3) is 0.467. The van der Waals surface area contributed by atoms with Gasteiger partial charge in [-0.15, -0.1) is 0 Å². The third-order valence-electron chi connectivity index (χ3n) is 4.37. The number of amides is 2. The molecule has 3 rings (SSSR count). The first-order valence-electron chi connectivity index (χ1n) is 7.16. The van der Waals surface area contributed by atoms with Crippen molar-refractivity contribution in [1.29, 1.82) is 0 Å². The Morgan fingerprint density at radius 1 is 1.36 bits per heavy atom. The first kappa shape index (κ1) is 14.9. The number of alkyl halides is 2. The minimum absolute atomic E-state index is 0.206. The van der Waals surface area contributed by atoms with Gasteiger partial charge < -0.3 is 16.0 Å². The minimum Gasteiger partial charge on any atom is -0.352 e. The second kappa shape index (κ2) is 5.31. The molecule has 0 bridgehead atoms. The van der Waals surface area contributed by atoms with Crippen molar-refractivity contribution in [3.8, 4) is 0 Å². The van der Waals surface area contributed by atoms with Crippen molar-refractivity contribution in [2.75, 3.05) is 19.6 Å². The summed E-state index contributed by atoms with van der Waals surface area (Å²) in [5.41, 5.74) is 6.12. The molecule has 22 heavy (non-hydrogen) atoms. The summed E-state index contributed by atoms with van der Waals surface area (Å²) in [7, 11) is 0. The molecule has 1 unspecified atom stereocenters. The van der Waals surface area contributed by atoms with Crippen molar-refractivity contribution in [2.24, 2.45) is 17.6 Å². The topological polar surface area (TPSA) is 75.4 Å². The van der Waals surface area contributed by atoms with E-state index >= 15 is 0 Å². The Balaban J connectivity index is 1.85. The highest BCUT2D eigenvalue weighted by molar-refractivity contribution is 5.90. The molecule has 0 aromatic heterocycles. The maximum Gasteiger partial charge on any atom is 0.265 e. The number of rotatable bonds is 3. The number of hydrogen-bond acceptors (Lipinski definition) is 3. The summed E-state index contributed by atoms with van der Waals surface area (Å²) in [5.74, 6) is -6.63. The fourth-order valence-corrected chi connectivity index (χ4v) is 3.04. The van der Waals surface area contributed by atoms with E-state index in [1.165, 1.54) is 4.90 Å². The van der Waals surface area contributed by atoms with Crippen molar-refractivity contribution in [3.05, 3.63) is 35.9 Å². The number of benzene rings is 1. The van der Waals surface area contributed by atoms with E-state index in [2.05, 4.69) is 5.32 Å². The van der Waals surface area contributed by atoms with E-state index in [1.807, 2.05) is 30.3 Å². The molecule has 7 heteroatoms. The van der Waals surface area contributed by atoms with E-state index in [0.29, 0.717) is 0 Å². The second-order valence-corrected chi connectivity index (χ2v) is 5.69. The molecule has 1 aliphatic carbocycles. The normalized spacial score (nSPS) is 29.9. The third-order valence-corrected chi connectivity index (χ3v) is 4.37. The van der Waals surface area contributed by atoms with Gasteiger partial charge in [0.15, 0.2) is 0 Å². The van der Waals surface area contributed by atoms with Crippen LogP contribution in [0.5, 0.6) is 0 Å². The SMILES string of the molecule is NC[C@@H]1[C@H](C(=O)N2CC(=O)NCC2c2ccccc2)C1(F)F. The smallest absolute Gasteiger partial charge is 0.265 e. The van der Waals surface area contributed by atoms with Gasteiger partial charge in [-0.25, -0.2) is 8.78 Å². The lowest BCUT2D eigenvalue weighted by atomic mass is 10.0. The number of carbonyl (C=O) groups excluding carboxylic acids is 2. The second-order valence-electron chi connectivity index (χ2n) is 5.69. The molecule has 2 aliphatic rings. The van der Waals surface area contributed by atoms with Gasteiger partial charge in [-0.3, -0.25) is 9.59 Å². The quantitative estimate of drug-likeness (QED) is 0.855. The summed E-state index contributed by atoms with van der Waals surface area (Å²) in [6.45, 7) is -0.220. The van der Waals surface area contributed by atoms with Gasteiger partial charge in [0.25, 0.3) is 5.92 Å². The molecule has 5 nitrogen and oxygen atoms in total. The average molecular weight is 309 g/mol. The van der Waals surface area contributed by atoms with Crippen LogP contribution in [0.25, 0.3) is 0 Å². The summed E-state index contributed by atoms with van der Waals surface area (Å²) in [6.07, 6.45) is 0. The van der Waals surface area contributed by atoms with Gasteiger partial charge in [0, 0.05) is 13.1 Å². The van der Waals surface area contributed by atoms with Gasteiger partial charge in [-0.05, 0) is 5.56 Å². The molecule has 2 fully saturated rings. The Labute approximate surface area is 126 Å². The lowest BCUT2D eigenvalue weighted by Crippen LogP contribution is -2.52. The Kier molecular flexibility index (Phi) is 3.60. The molecular formula is C15H17F2N3O2. The van der Waals surface area contributed by atoms with Gasteiger partial charge in [0.1, 0.15) is 12.5 Å². The van der Waals surface area contributed by atoms with Crippen molar-refractivity contribution in [1.82, 2.24) is 10.2 Å². The molecule has 1 heterocycles. The molecule has 0 radical (unpaired) electrons. The van der Waals surface area contributed by atoms with E-state index in [9.17, 15) is 18.4 Å². The number of halogens is 2. The zero-order chi connectivity index (χ0) is 15.9. The van der Waals surface area contributed by atoms with E-state index in [0.717, 1.165) is 5.56 Å². The first-order chi connectivity index (χ1) is 10.5. The van der Waals surface area contributed by atoms with Crippen LogP contribution in [0.15, 0.2) is 30.3 Å². The largest absolute Gasteiger partial charge is 0.352 e. The number of hydrogen-bond donors (Lipinski definition) is 2. The highest BCUT2D eigenvalue weighted by Gasteiger charge is 2.72. The van der Waals surface area contributed by atoms with Crippen LogP contribution in [-0.2, 0) is 9.59 Å². The fourth-order valence-electron chi connectivity index (χ4n) is 3.04. The number of nitrogens with two attached hydrogens (primary N) is 1. The number of carbonyl (C=O) groups is 2. The maximum atomic E-state index is 13.7. The van der Waals surface area contributed by atoms with E-state index in [1.54, 1.807) is 0 Å². The Hall–Kier alpha value is -2.02. The number of nitrogens with zero attached hydrogens (tertiary/aromatic N) is 1. The molecule has 1 aromatic carbocycles. The first-order valence-corrected chi connectivity index (χ1v) is 7.16. The van der Waals surface area contributed by atoms with Crippen molar-refractivity contribution in [3.63, 3.8) is 0 Å². The van der Waals surface area contributed by atoms with Crippen LogP contribution in [-0.4, -0.2) is 42.3 Å². The number of piperazine rings is 1. The Bertz CT molecular complexity index is 594. The highest BCUT2D eigenvalue weighted by Crippen LogP contribution is 2.55. The lowest BCUT2D eigenvalue weighted by molar-refractivity contribution is -0.144. The summed E-state index contributed by atoms with van der Waals surface area (Å²) in [5, 5.41) is 2.68. The molecule has 1 aliphatic heterocycles. The molecule has 118 valence electrons. The minimum atomic E-state index is -3.07. The standard InChI is InChI=1S/C15H17F2N3O2/c16-15(17)10(6-18)13(15)14(22)20-8-12(21)19-7-11(20)9-4-2-1-3-5-9/h1-5,10-11,13H,6-8,18H2,(H,19,21)/t10-,11?,13-/m1/s1. The molecule has 3 N–H and O–H groups in total. The summed E-state index contributed by atoms with van der Waals surface area (Å²) >= 11 is 0. The predicted octanol–water partition coefficient (Wildman–Crippen LogP) is 0.526. The lowest BCUT2D eigenvalue weighted by Gasteiger charge is -2.36. The van der Waals surface area contributed by atoms with E-state index < -0.39 is 29.7 Å². The van der Waals surface area contributed by atoms with Gasteiger partial charge in [0.2, 0.25) is 11.8 Å². The van der Waals surface area contributed by atoms with E-state index in [-0.39, 0.29) is 25.5 Å². The Morgan fingerprint density at radius 2 is 2.05 bits per heavy atom. The third kappa shape index (κ3) is 2.35. The van der Waals surface area contributed by atoms with Crippen LogP contribution in [0.2, 0.25) is 0 Å². The molecule has 0 spiro atoms. The molecule has 2 amide bonds. The van der Waals surface area contributed by atoms with Crippen LogP contribution in [0.1, 0.15) is 11.6 Å². The molecular weight excluding hydrogens is 292 g/mol. The zero-order valence-corrected chi connectivity index (χ0v) is 11.8. The summed E-state index contributed by atoms with van der Waals surface area (Å²) in [4.78, 5) is 25.3. The number of nitrogens with one attached hydrogen (secondary N) is 1. The monoisotopic (exact) mass is 309 g/mol. The Morgan fingerprint density at radius 3 is 2.64 bits per heavy atom. The van der Waals surface area contributed by atoms with Gasteiger partial charge >= 0.3 is 0 Å². The van der Waals surface area contributed by atoms with Crippen LogP contribution in [0, 0.1) is 11.8 Å². The highest BCUT2D eigenvalue weighted by atomic mass is 19.3. The predicted molar refractivity (Wildman–Crippen MR) is 74.9 cm³/mol. The van der Waals surface area contributed by atoms with Crippen LogP contribution in [0.3, 0.4) is 0 Å². The molecule has 1 aromatic rings. The van der Waals surface area contributed by atoms with Crippen LogP contribution in [0.4, 0.5) is 8.78 Å². The van der Waals surface area contributed by atoms with Crippen molar-refractivity contribution in [2.45, 2.75) is 12.0 Å². The molecule has 3 atom stereocenters. The molecule has 1 saturated heterocycles. The molecule has 1 saturated carbocycles. The van der Waals surface area contributed by atoms with Gasteiger partial charge in [-0.2, -0.15) is 0 Å². The van der Waals surface area contributed by atoms with Crippen molar-refractivity contribution >= 4 is 11.8 Å². The van der Waals surface area contributed by atoms with Crippen LogP contribution < -0.4 is 11.1 Å². The van der Waals surface area contributed by atoms with Crippen LogP contribution >= 0.6 is 0 Å².